The molecular formula is C23H22N2O4S. The van der Waals surface area contributed by atoms with Gasteiger partial charge in [0.25, 0.3) is 0 Å². The third kappa shape index (κ3) is 6.02. The number of hydrogen-bond acceptors (Lipinski definition) is 6. The Bertz CT molecular complexity index is 1030. The van der Waals surface area contributed by atoms with Gasteiger partial charge in [0.05, 0.1) is 17.8 Å². The maximum atomic E-state index is 12.4. The molecule has 1 unspecified atom stereocenters. The van der Waals surface area contributed by atoms with Gasteiger partial charge in [-0.05, 0) is 36.3 Å². The average Bonchev–Trinajstić information content (AvgIpc) is 3.20. The summed E-state index contributed by atoms with van der Waals surface area (Å²) in [5.41, 5.74) is 2.33. The molecule has 0 bridgehead atoms. The third-order valence-corrected chi connectivity index (χ3v) is 5.02. The van der Waals surface area contributed by atoms with E-state index in [0.29, 0.717) is 17.9 Å². The van der Waals surface area contributed by atoms with Crippen LogP contribution in [0.2, 0.25) is 0 Å². The van der Waals surface area contributed by atoms with Crippen LogP contribution >= 0.6 is 11.3 Å². The van der Waals surface area contributed by atoms with Crippen molar-refractivity contribution in [2.75, 3.05) is 7.11 Å². The number of ether oxygens (including phenoxy) is 2. The smallest absolute Gasteiger partial charge is 0.333 e. The van der Waals surface area contributed by atoms with Crippen molar-refractivity contribution < 1.29 is 19.1 Å². The highest BCUT2D eigenvalue weighted by molar-refractivity contribution is 7.09. The van der Waals surface area contributed by atoms with Crippen molar-refractivity contribution in [3.63, 3.8) is 0 Å². The van der Waals surface area contributed by atoms with Gasteiger partial charge >= 0.3 is 5.97 Å². The number of thiazole rings is 1. The highest BCUT2D eigenvalue weighted by Gasteiger charge is 2.22. The Hall–Kier alpha value is -3.45. The van der Waals surface area contributed by atoms with E-state index < -0.39 is 17.9 Å². The number of methoxy groups -OCH3 is 1. The fourth-order valence-corrected chi connectivity index (χ4v) is 3.34. The summed E-state index contributed by atoms with van der Waals surface area (Å²) in [5.74, 6) is -0.255. The molecule has 0 aliphatic carbocycles. The Kier molecular flexibility index (Phi) is 7.34. The minimum atomic E-state index is -0.871. The van der Waals surface area contributed by atoms with E-state index in [1.54, 1.807) is 41.7 Å². The molecule has 3 rings (SSSR count). The predicted octanol–water partition coefficient (Wildman–Crippen LogP) is 4.07. The average molecular weight is 423 g/mol. The zero-order valence-corrected chi connectivity index (χ0v) is 17.5. The van der Waals surface area contributed by atoms with Crippen LogP contribution in [0.3, 0.4) is 0 Å². The first-order valence-corrected chi connectivity index (χ1v) is 10.2. The molecule has 7 heteroatoms. The maximum Gasteiger partial charge on any atom is 0.333 e. The number of esters is 1. The first-order valence-electron chi connectivity index (χ1n) is 9.30. The van der Waals surface area contributed by atoms with Crippen molar-refractivity contribution in [3.05, 3.63) is 87.9 Å². The van der Waals surface area contributed by atoms with Gasteiger partial charge in [0.15, 0.2) is 6.04 Å². The van der Waals surface area contributed by atoms with Gasteiger partial charge in [-0.3, -0.25) is 4.79 Å². The molecule has 1 heterocycles. The number of carbonyl (C=O) groups excluding carboxylic acids is 2. The number of benzene rings is 2. The highest BCUT2D eigenvalue weighted by atomic mass is 32.1. The number of rotatable bonds is 8. The third-order valence-electron chi connectivity index (χ3n) is 4.19. The summed E-state index contributed by atoms with van der Waals surface area (Å²) in [7, 11) is 1.29. The molecule has 1 N–H and O–H groups in total. The highest BCUT2D eigenvalue weighted by Crippen LogP contribution is 2.18. The number of aryl methyl sites for hydroxylation is 1. The molecule has 0 aliphatic heterocycles. The number of hydrogen-bond donors (Lipinski definition) is 1. The predicted molar refractivity (Wildman–Crippen MR) is 116 cm³/mol. The van der Waals surface area contributed by atoms with Crippen molar-refractivity contribution in [2.45, 2.75) is 19.6 Å². The van der Waals surface area contributed by atoms with E-state index in [2.05, 4.69) is 10.3 Å². The molecule has 0 spiro atoms. The lowest BCUT2D eigenvalue weighted by Crippen LogP contribution is -2.33. The minimum absolute atomic E-state index is 0.385. The standard InChI is InChI=1S/C23H22N2O4S/c1-16-24-19(15-30-16)14-29-20-10-6-7-17(13-20)11-12-21(26)25-22(23(27)28-2)18-8-4-3-5-9-18/h3-13,15,22H,14H2,1-2H3,(H,25,26)/b12-11+. The zero-order chi connectivity index (χ0) is 21.3. The summed E-state index contributed by atoms with van der Waals surface area (Å²) in [5, 5.41) is 5.64. The van der Waals surface area contributed by atoms with Crippen LogP contribution in [0.1, 0.15) is 27.9 Å². The van der Waals surface area contributed by atoms with Crippen LogP contribution in [-0.4, -0.2) is 24.0 Å². The largest absolute Gasteiger partial charge is 0.487 e. The number of amides is 1. The molecule has 0 saturated heterocycles. The van der Waals surface area contributed by atoms with Crippen LogP contribution in [0.15, 0.2) is 66.1 Å². The number of carbonyl (C=O) groups is 2. The zero-order valence-electron chi connectivity index (χ0n) is 16.7. The van der Waals surface area contributed by atoms with Crippen LogP contribution in [0.5, 0.6) is 5.75 Å². The van der Waals surface area contributed by atoms with Gasteiger partial charge < -0.3 is 14.8 Å². The number of nitrogens with zero attached hydrogens (tertiary/aromatic N) is 1. The Morgan fingerprint density at radius 1 is 1.17 bits per heavy atom. The molecule has 0 aliphatic rings. The van der Waals surface area contributed by atoms with Crippen molar-refractivity contribution >= 4 is 29.3 Å². The summed E-state index contributed by atoms with van der Waals surface area (Å²) in [4.78, 5) is 28.8. The maximum absolute atomic E-state index is 12.4. The van der Waals surface area contributed by atoms with Crippen molar-refractivity contribution in [3.8, 4) is 5.75 Å². The lowest BCUT2D eigenvalue weighted by Gasteiger charge is -2.15. The van der Waals surface area contributed by atoms with Crippen molar-refractivity contribution in [1.29, 1.82) is 0 Å². The first-order chi connectivity index (χ1) is 14.5. The van der Waals surface area contributed by atoms with Crippen LogP contribution in [0.4, 0.5) is 0 Å². The number of nitrogens with one attached hydrogen (secondary N) is 1. The molecule has 1 aromatic heterocycles. The van der Waals surface area contributed by atoms with Gasteiger partial charge in [0.2, 0.25) is 5.91 Å². The summed E-state index contributed by atoms with van der Waals surface area (Å²) in [6, 6.07) is 15.5. The van der Waals surface area contributed by atoms with E-state index in [9.17, 15) is 9.59 Å². The van der Waals surface area contributed by atoms with Crippen LogP contribution < -0.4 is 10.1 Å². The van der Waals surface area contributed by atoms with Crippen molar-refractivity contribution in [2.24, 2.45) is 0 Å². The Morgan fingerprint density at radius 3 is 2.67 bits per heavy atom. The molecule has 0 radical (unpaired) electrons. The molecule has 2 aromatic carbocycles. The minimum Gasteiger partial charge on any atom is -0.487 e. The molecule has 1 amide bonds. The summed E-state index contributed by atoms with van der Waals surface area (Å²) in [6.07, 6.45) is 3.04. The lowest BCUT2D eigenvalue weighted by atomic mass is 10.1. The summed E-state index contributed by atoms with van der Waals surface area (Å²) in [6.45, 7) is 2.34. The monoisotopic (exact) mass is 422 g/mol. The Labute approximate surface area is 179 Å². The Balaban J connectivity index is 1.62. The van der Waals surface area contributed by atoms with E-state index in [0.717, 1.165) is 16.3 Å². The normalized spacial score (nSPS) is 11.8. The molecule has 6 nitrogen and oxygen atoms in total. The topological polar surface area (TPSA) is 77.5 Å². The lowest BCUT2D eigenvalue weighted by molar-refractivity contribution is -0.144. The van der Waals surface area contributed by atoms with E-state index in [1.165, 1.54) is 13.2 Å². The van der Waals surface area contributed by atoms with Gasteiger partial charge in [0.1, 0.15) is 12.4 Å². The summed E-state index contributed by atoms with van der Waals surface area (Å²) >= 11 is 1.58. The van der Waals surface area contributed by atoms with Crippen LogP contribution in [0, 0.1) is 6.92 Å². The van der Waals surface area contributed by atoms with E-state index in [-0.39, 0.29) is 0 Å². The summed E-state index contributed by atoms with van der Waals surface area (Å²) < 4.78 is 10.6. The second-order valence-corrected chi connectivity index (χ2v) is 7.49. The fourth-order valence-electron chi connectivity index (χ4n) is 2.74. The fraction of sp³-hybridized carbons (Fsp3) is 0.174. The molecule has 0 saturated carbocycles. The molecule has 0 fully saturated rings. The molecule has 30 heavy (non-hydrogen) atoms. The van der Waals surface area contributed by atoms with Gasteiger partial charge in [-0.15, -0.1) is 11.3 Å². The molecule has 154 valence electrons. The first kappa shape index (κ1) is 21.3. The molecule has 3 aromatic rings. The second kappa shape index (κ2) is 10.4. The SMILES string of the molecule is COC(=O)C(NC(=O)/C=C/c1cccc(OCc2csc(C)n2)c1)c1ccccc1. The molecule has 1 atom stereocenters. The van der Waals surface area contributed by atoms with E-state index in [4.69, 9.17) is 9.47 Å². The van der Waals surface area contributed by atoms with Gasteiger partial charge in [-0.1, -0.05) is 42.5 Å². The number of aromatic nitrogens is 1. The van der Waals surface area contributed by atoms with Crippen LogP contribution in [0.25, 0.3) is 6.08 Å². The van der Waals surface area contributed by atoms with Crippen molar-refractivity contribution in [1.82, 2.24) is 10.3 Å². The van der Waals surface area contributed by atoms with Gasteiger partial charge in [0, 0.05) is 11.5 Å². The van der Waals surface area contributed by atoms with E-state index >= 15 is 0 Å². The molecular weight excluding hydrogens is 400 g/mol. The Morgan fingerprint density at radius 2 is 1.97 bits per heavy atom. The van der Waals surface area contributed by atoms with Gasteiger partial charge in [-0.2, -0.15) is 0 Å². The second-order valence-electron chi connectivity index (χ2n) is 6.43. The van der Waals surface area contributed by atoms with Gasteiger partial charge in [-0.25, -0.2) is 9.78 Å². The van der Waals surface area contributed by atoms with Crippen LogP contribution in [-0.2, 0) is 20.9 Å². The quantitative estimate of drug-likeness (QED) is 0.437. The van der Waals surface area contributed by atoms with E-state index in [1.807, 2.05) is 42.6 Å².